The fourth-order valence-corrected chi connectivity index (χ4v) is 6.10. The van der Waals surface area contributed by atoms with Gasteiger partial charge in [-0.15, -0.1) is 11.3 Å². The second-order valence-corrected chi connectivity index (χ2v) is 11.2. The van der Waals surface area contributed by atoms with Crippen molar-refractivity contribution in [3.05, 3.63) is 35.2 Å². The van der Waals surface area contributed by atoms with Gasteiger partial charge in [-0.2, -0.15) is 0 Å². The Balaban J connectivity index is 1.54. The number of carbonyl (C=O) groups is 2. The van der Waals surface area contributed by atoms with E-state index in [4.69, 9.17) is 4.74 Å². The number of hydrogen-bond donors (Lipinski definition) is 1. The van der Waals surface area contributed by atoms with Crippen LogP contribution in [-0.2, 0) is 9.53 Å². The number of nitrogens with zero attached hydrogens (tertiary/aromatic N) is 2. The fourth-order valence-electron chi connectivity index (χ4n) is 4.83. The molecule has 1 aliphatic carbocycles. The van der Waals surface area contributed by atoms with Crippen LogP contribution in [-0.4, -0.2) is 64.3 Å². The van der Waals surface area contributed by atoms with Crippen molar-refractivity contribution in [1.82, 2.24) is 9.80 Å². The lowest BCUT2D eigenvalue weighted by atomic mass is 9.74. The smallest absolute Gasteiger partial charge is 0.410 e. The van der Waals surface area contributed by atoms with Gasteiger partial charge in [0.2, 0.25) is 5.91 Å². The molecule has 1 N–H and O–H groups in total. The van der Waals surface area contributed by atoms with Crippen LogP contribution in [0, 0.1) is 0 Å². The van der Waals surface area contributed by atoms with E-state index in [2.05, 4.69) is 18.2 Å². The van der Waals surface area contributed by atoms with Gasteiger partial charge in [0.25, 0.3) is 0 Å². The second-order valence-electron chi connectivity index (χ2n) is 10.1. The summed E-state index contributed by atoms with van der Waals surface area (Å²) in [5, 5.41) is 12.8. The van der Waals surface area contributed by atoms with E-state index < -0.39 is 17.1 Å². The highest BCUT2D eigenvalue weighted by Crippen LogP contribution is 2.44. The number of aliphatic hydroxyl groups is 1. The highest BCUT2D eigenvalue weighted by Gasteiger charge is 2.46. The number of benzene rings is 1. The number of thiophene rings is 1. The SMILES string of the molecule is CC(C)(C)OC(=O)N1CCN(C(=O)C(c2cc3ccccc3s2)C2(O)CCCCC2)CC1. The van der Waals surface area contributed by atoms with Crippen LogP contribution in [0.1, 0.15) is 63.7 Å². The van der Waals surface area contributed by atoms with E-state index in [0.717, 1.165) is 34.2 Å². The Bertz CT molecular complexity index is 933. The zero-order valence-corrected chi connectivity index (χ0v) is 20.1. The van der Waals surface area contributed by atoms with E-state index in [1.165, 1.54) is 0 Å². The Morgan fingerprint density at radius 1 is 1.03 bits per heavy atom. The molecule has 2 fully saturated rings. The number of fused-ring (bicyclic) bond motifs is 1. The Morgan fingerprint density at radius 3 is 2.28 bits per heavy atom. The summed E-state index contributed by atoms with van der Waals surface area (Å²) in [4.78, 5) is 30.7. The number of amides is 2. The second kappa shape index (κ2) is 9.02. The number of carbonyl (C=O) groups excluding carboxylic acids is 2. The van der Waals surface area contributed by atoms with Gasteiger partial charge in [0.15, 0.2) is 0 Å². The van der Waals surface area contributed by atoms with E-state index in [0.29, 0.717) is 39.0 Å². The van der Waals surface area contributed by atoms with Crippen molar-refractivity contribution in [2.24, 2.45) is 0 Å². The lowest BCUT2D eigenvalue weighted by Crippen LogP contribution is -2.55. The molecule has 32 heavy (non-hydrogen) atoms. The summed E-state index contributed by atoms with van der Waals surface area (Å²) >= 11 is 1.61. The van der Waals surface area contributed by atoms with E-state index >= 15 is 0 Å². The maximum Gasteiger partial charge on any atom is 0.410 e. The summed E-state index contributed by atoms with van der Waals surface area (Å²) in [5.74, 6) is -0.585. The van der Waals surface area contributed by atoms with Gasteiger partial charge in [-0.1, -0.05) is 37.5 Å². The molecule has 6 nitrogen and oxygen atoms in total. The summed E-state index contributed by atoms with van der Waals surface area (Å²) in [6, 6.07) is 10.2. The van der Waals surface area contributed by atoms with Gasteiger partial charge in [-0.05, 0) is 51.1 Å². The van der Waals surface area contributed by atoms with Crippen LogP contribution in [0.15, 0.2) is 30.3 Å². The van der Waals surface area contributed by atoms with Crippen LogP contribution in [0.4, 0.5) is 4.79 Å². The van der Waals surface area contributed by atoms with Crippen LogP contribution >= 0.6 is 11.3 Å². The molecule has 1 unspecified atom stereocenters. The quantitative estimate of drug-likeness (QED) is 0.720. The first-order valence-electron chi connectivity index (χ1n) is 11.6. The molecule has 1 aromatic carbocycles. The molecule has 7 heteroatoms. The summed E-state index contributed by atoms with van der Waals surface area (Å²) in [7, 11) is 0. The molecule has 1 aromatic heterocycles. The minimum absolute atomic E-state index is 0.0233. The van der Waals surface area contributed by atoms with E-state index in [-0.39, 0.29) is 12.0 Å². The van der Waals surface area contributed by atoms with E-state index in [9.17, 15) is 14.7 Å². The molecule has 2 aromatic rings. The fraction of sp³-hybridized carbons (Fsp3) is 0.600. The Hall–Kier alpha value is -2.12. The third kappa shape index (κ3) is 4.94. The van der Waals surface area contributed by atoms with Crippen LogP contribution in [0.5, 0.6) is 0 Å². The van der Waals surface area contributed by atoms with Crippen LogP contribution in [0.3, 0.4) is 0 Å². The monoisotopic (exact) mass is 458 g/mol. The van der Waals surface area contributed by atoms with Crippen LogP contribution in [0.2, 0.25) is 0 Å². The Kier molecular flexibility index (Phi) is 6.50. The number of hydrogen-bond acceptors (Lipinski definition) is 5. The third-order valence-electron chi connectivity index (χ3n) is 6.48. The molecule has 1 saturated heterocycles. The summed E-state index contributed by atoms with van der Waals surface area (Å²) < 4.78 is 6.61. The van der Waals surface area contributed by atoms with Gasteiger partial charge in [0.05, 0.1) is 5.60 Å². The van der Waals surface area contributed by atoms with Crippen molar-refractivity contribution >= 4 is 33.4 Å². The van der Waals surface area contributed by atoms with Crippen molar-refractivity contribution in [2.45, 2.75) is 70.0 Å². The van der Waals surface area contributed by atoms with Crippen LogP contribution < -0.4 is 0 Å². The highest BCUT2D eigenvalue weighted by molar-refractivity contribution is 7.19. The largest absolute Gasteiger partial charge is 0.444 e. The average molecular weight is 459 g/mol. The predicted octanol–water partition coefficient (Wildman–Crippen LogP) is 4.76. The van der Waals surface area contributed by atoms with Gasteiger partial charge in [0.1, 0.15) is 11.5 Å². The summed E-state index contributed by atoms with van der Waals surface area (Å²) in [5.41, 5.74) is -1.56. The van der Waals surface area contributed by atoms with Gasteiger partial charge < -0.3 is 19.6 Å². The van der Waals surface area contributed by atoms with Crippen molar-refractivity contribution < 1.29 is 19.4 Å². The van der Waals surface area contributed by atoms with Gasteiger partial charge in [-0.3, -0.25) is 4.79 Å². The molecular formula is C25H34N2O4S. The zero-order valence-electron chi connectivity index (χ0n) is 19.3. The first-order chi connectivity index (χ1) is 15.2. The molecule has 2 aliphatic rings. The molecular weight excluding hydrogens is 424 g/mol. The number of ether oxygens (including phenoxy) is 1. The average Bonchev–Trinajstić information content (AvgIpc) is 3.16. The van der Waals surface area contributed by atoms with Crippen molar-refractivity contribution in [2.75, 3.05) is 26.2 Å². The molecule has 2 heterocycles. The summed E-state index contributed by atoms with van der Waals surface area (Å²) in [6.07, 6.45) is 3.95. The minimum atomic E-state index is -1.02. The van der Waals surface area contributed by atoms with Gasteiger partial charge >= 0.3 is 6.09 Å². The van der Waals surface area contributed by atoms with E-state index in [1.54, 1.807) is 16.2 Å². The molecule has 1 saturated carbocycles. The number of rotatable bonds is 3. The lowest BCUT2D eigenvalue weighted by Gasteiger charge is -2.42. The molecule has 0 radical (unpaired) electrons. The molecule has 4 rings (SSSR count). The summed E-state index contributed by atoms with van der Waals surface area (Å²) in [6.45, 7) is 7.35. The first kappa shape index (κ1) is 23.1. The number of piperazine rings is 1. The van der Waals surface area contributed by atoms with Crippen molar-refractivity contribution in [3.8, 4) is 0 Å². The maximum atomic E-state index is 13.8. The topological polar surface area (TPSA) is 70.1 Å². The minimum Gasteiger partial charge on any atom is -0.444 e. The first-order valence-corrected chi connectivity index (χ1v) is 12.5. The standard InChI is InChI=1S/C25H34N2O4S/c1-24(2,3)31-23(29)27-15-13-26(14-16-27)22(28)21(25(30)11-7-4-8-12-25)20-17-18-9-5-6-10-19(18)32-20/h5-6,9-10,17,21,30H,4,7-8,11-16H2,1-3H3. The molecule has 0 bridgehead atoms. The zero-order chi connectivity index (χ0) is 22.9. The predicted molar refractivity (Wildman–Crippen MR) is 127 cm³/mol. The van der Waals surface area contributed by atoms with Gasteiger partial charge in [0, 0.05) is 35.8 Å². The van der Waals surface area contributed by atoms with Gasteiger partial charge in [-0.25, -0.2) is 4.79 Å². The Morgan fingerprint density at radius 2 is 1.66 bits per heavy atom. The van der Waals surface area contributed by atoms with Crippen LogP contribution in [0.25, 0.3) is 10.1 Å². The Labute approximate surface area is 194 Å². The van der Waals surface area contributed by atoms with Crippen molar-refractivity contribution in [3.63, 3.8) is 0 Å². The highest BCUT2D eigenvalue weighted by atomic mass is 32.1. The molecule has 174 valence electrons. The molecule has 1 atom stereocenters. The molecule has 2 amide bonds. The lowest BCUT2D eigenvalue weighted by molar-refractivity contribution is -0.143. The maximum absolute atomic E-state index is 13.8. The van der Waals surface area contributed by atoms with E-state index in [1.807, 2.05) is 37.8 Å². The molecule has 0 spiro atoms. The molecule has 1 aliphatic heterocycles. The normalized spacial score (nSPS) is 20.2. The van der Waals surface area contributed by atoms with Crippen molar-refractivity contribution in [1.29, 1.82) is 0 Å². The third-order valence-corrected chi connectivity index (χ3v) is 7.66.